The molecule has 0 bridgehead atoms. The first-order chi connectivity index (χ1) is 14.0. The number of fused-ring (bicyclic) bond motifs is 1. The summed E-state index contributed by atoms with van der Waals surface area (Å²) in [5.74, 6) is -1.50. The maximum Gasteiger partial charge on any atom is 0.244 e. The highest BCUT2D eigenvalue weighted by atomic mass is 19.1. The highest BCUT2D eigenvalue weighted by Crippen LogP contribution is 2.36. The maximum absolute atomic E-state index is 14.1. The molecule has 6 heteroatoms. The Labute approximate surface area is 166 Å². The molecule has 1 aliphatic rings. The van der Waals surface area contributed by atoms with Crippen LogP contribution in [0.4, 0.5) is 14.5 Å². The smallest absolute Gasteiger partial charge is 0.244 e. The van der Waals surface area contributed by atoms with Gasteiger partial charge < -0.3 is 10.2 Å². The molecule has 1 aliphatic heterocycles. The second-order valence-corrected chi connectivity index (χ2v) is 6.92. The van der Waals surface area contributed by atoms with Gasteiger partial charge in [-0.25, -0.2) is 8.78 Å². The molecule has 146 valence electrons. The second kappa shape index (κ2) is 7.83. The first-order valence-corrected chi connectivity index (χ1v) is 9.19. The first-order valence-electron chi connectivity index (χ1n) is 9.19. The summed E-state index contributed by atoms with van der Waals surface area (Å²) in [7, 11) is 0. The van der Waals surface area contributed by atoms with E-state index in [9.17, 15) is 18.4 Å². The number of rotatable bonds is 3. The normalized spacial score (nSPS) is 16.0. The van der Waals surface area contributed by atoms with E-state index >= 15 is 0 Å². The van der Waals surface area contributed by atoms with E-state index in [1.165, 1.54) is 47.4 Å². The van der Waals surface area contributed by atoms with Gasteiger partial charge in [-0.3, -0.25) is 9.59 Å². The van der Waals surface area contributed by atoms with Gasteiger partial charge in [0.25, 0.3) is 0 Å². The van der Waals surface area contributed by atoms with Gasteiger partial charge in [0.15, 0.2) is 0 Å². The highest BCUT2D eigenvalue weighted by molar-refractivity contribution is 5.97. The molecule has 2 amide bonds. The lowest BCUT2D eigenvalue weighted by molar-refractivity contribution is -0.135. The van der Waals surface area contributed by atoms with E-state index in [1.54, 1.807) is 0 Å². The molecular weight excluding hydrogens is 374 g/mol. The molecule has 1 unspecified atom stereocenters. The predicted octanol–water partition coefficient (Wildman–Crippen LogP) is 4.08. The quantitative estimate of drug-likeness (QED) is 0.730. The molecule has 3 aromatic rings. The number of nitrogens with one attached hydrogen (secondary N) is 1. The number of anilines is 1. The molecule has 3 aromatic carbocycles. The molecule has 4 nitrogen and oxygen atoms in total. The zero-order valence-corrected chi connectivity index (χ0v) is 15.4. The minimum Gasteiger partial charge on any atom is -0.324 e. The number of nitrogens with zero attached hydrogens (tertiary/aromatic N) is 1. The molecule has 1 N–H and O–H groups in total. The van der Waals surface area contributed by atoms with Gasteiger partial charge in [-0.05, 0) is 41.5 Å². The van der Waals surface area contributed by atoms with E-state index in [0.29, 0.717) is 16.8 Å². The van der Waals surface area contributed by atoms with Crippen LogP contribution < -0.4 is 5.32 Å². The summed E-state index contributed by atoms with van der Waals surface area (Å²) in [6, 6.07) is 18.3. The van der Waals surface area contributed by atoms with Crippen molar-refractivity contribution in [3.8, 4) is 0 Å². The average Bonchev–Trinajstić information content (AvgIpc) is 2.86. The number of amides is 2. The third-order valence-corrected chi connectivity index (χ3v) is 4.91. The molecule has 1 heterocycles. The molecule has 0 fully saturated rings. The third-order valence-electron chi connectivity index (χ3n) is 4.91. The SMILES string of the molecule is O=C1CN(C(=O)Cc2ccc(F)cc2)C(c2ccccc2)c2cc(F)ccc2N1. The third kappa shape index (κ3) is 4.01. The Morgan fingerprint density at radius 2 is 1.66 bits per heavy atom. The second-order valence-electron chi connectivity index (χ2n) is 6.92. The van der Waals surface area contributed by atoms with Crippen molar-refractivity contribution in [2.45, 2.75) is 12.5 Å². The van der Waals surface area contributed by atoms with Crippen molar-refractivity contribution in [3.63, 3.8) is 0 Å². The van der Waals surface area contributed by atoms with E-state index in [1.807, 2.05) is 30.3 Å². The number of carbonyl (C=O) groups excluding carboxylic acids is 2. The largest absolute Gasteiger partial charge is 0.324 e. The Balaban J connectivity index is 1.78. The van der Waals surface area contributed by atoms with Crippen LogP contribution in [0.1, 0.15) is 22.7 Å². The van der Waals surface area contributed by atoms with Gasteiger partial charge in [-0.15, -0.1) is 0 Å². The van der Waals surface area contributed by atoms with Gasteiger partial charge >= 0.3 is 0 Å². The van der Waals surface area contributed by atoms with Crippen molar-refractivity contribution in [1.82, 2.24) is 4.90 Å². The molecule has 0 saturated carbocycles. The lowest BCUT2D eigenvalue weighted by atomic mass is 9.95. The van der Waals surface area contributed by atoms with Gasteiger partial charge in [-0.1, -0.05) is 42.5 Å². The summed E-state index contributed by atoms with van der Waals surface area (Å²) in [5.41, 5.74) is 2.38. The average molecular weight is 392 g/mol. The molecule has 0 aromatic heterocycles. The van der Waals surface area contributed by atoms with Crippen molar-refractivity contribution >= 4 is 17.5 Å². The van der Waals surface area contributed by atoms with Crippen LogP contribution in [0.5, 0.6) is 0 Å². The molecule has 0 saturated heterocycles. The molecule has 0 spiro atoms. The van der Waals surface area contributed by atoms with Gasteiger partial charge in [0.05, 0.1) is 12.5 Å². The van der Waals surface area contributed by atoms with E-state index in [-0.39, 0.29) is 30.6 Å². The van der Waals surface area contributed by atoms with Gasteiger partial charge in [0.1, 0.15) is 18.2 Å². The number of carbonyl (C=O) groups is 2. The lowest BCUT2D eigenvalue weighted by Gasteiger charge is -2.30. The van der Waals surface area contributed by atoms with Crippen LogP contribution in [0, 0.1) is 11.6 Å². The highest BCUT2D eigenvalue weighted by Gasteiger charge is 2.33. The summed E-state index contributed by atoms with van der Waals surface area (Å²) < 4.78 is 27.3. The van der Waals surface area contributed by atoms with E-state index in [0.717, 1.165) is 5.56 Å². The van der Waals surface area contributed by atoms with Crippen molar-refractivity contribution < 1.29 is 18.4 Å². The minimum atomic E-state index is -0.631. The van der Waals surface area contributed by atoms with Gasteiger partial charge in [0, 0.05) is 11.3 Å². The van der Waals surface area contributed by atoms with Crippen LogP contribution in [-0.4, -0.2) is 23.3 Å². The summed E-state index contributed by atoms with van der Waals surface area (Å²) in [5, 5.41) is 2.76. The van der Waals surface area contributed by atoms with Crippen LogP contribution >= 0.6 is 0 Å². The van der Waals surface area contributed by atoms with Crippen molar-refractivity contribution in [2.24, 2.45) is 0 Å². The van der Waals surface area contributed by atoms with Crippen LogP contribution in [-0.2, 0) is 16.0 Å². The summed E-state index contributed by atoms with van der Waals surface area (Å²) >= 11 is 0. The fourth-order valence-electron chi connectivity index (χ4n) is 3.58. The molecule has 1 atom stereocenters. The van der Waals surface area contributed by atoms with E-state index < -0.39 is 11.9 Å². The molecule has 29 heavy (non-hydrogen) atoms. The number of halogens is 2. The molecule has 0 aliphatic carbocycles. The standard InChI is InChI=1S/C23H18F2N2O2/c24-17-8-6-15(7-9-17)12-22(29)27-14-21(28)26-20-11-10-18(25)13-19(20)23(27)16-4-2-1-3-5-16/h1-11,13,23H,12,14H2,(H,26,28). The van der Waals surface area contributed by atoms with Gasteiger partial charge in [0.2, 0.25) is 11.8 Å². The Morgan fingerprint density at radius 1 is 0.966 bits per heavy atom. The molecule has 4 rings (SSSR count). The summed E-state index contributed by atoms with van der Waals surface area (Å²) in [6.45, 7) is -0.171. The minimum absolute atomic E-state index is 0.00153. The molecule has 0 radical (unpaired) electrons. The Morgan fingerprint density at radius 3 is 2.38 bits per heavy atom. The van der Waals surface area contributed by atoms with Crippen LogP contribution in [0.3, 0.4) is 0 Å². The summed E-state index contributed by atoms with van der Waals surface area (Å²) in [4.78, 5) is 27.1. The Hall–Kier alpha value is -3.54. The predicted molar refractivity (Wildman–Crippen MR) is 105 cm³/mol. The first kappa shape index (κ1) is 18.8. The maximum atomic E-state index is 14.1. The zero-order chi connectivity index (χ0) is 20.4. The number of benzene rings is 3. The van der Waals surface area contributed by atoms with Crippen LogP contribution in [0.2, 0.25) is 0 Å². The fourth-order valence-corrected chi connectivity index (χ4v) is 3.58. The zero-order valence-electron chi connectivity index (χ0n) is 15.4. The lowest BCUT2D eigenvalue weighted by Crippen LogP contribution is -2.39. The van der Waals surface area contributed by atoms with E-state index in [4.69, 9.17) is 0 Å². The van der Waals surface area contributed by atoms with Crippen LogP contribution in [0.15, 0.2) is 72.8 Å². The number of hydrogen-bond donors (Lipinski definition) is 1. The monoisotopic (exact) mass is 392 g/mol. The van der Waals surface area contributed by atoms with Crippen LogP contribution in [0.25, 0.3) is 0 Å². The summed E-state index contributed by atoms with van der Waals surface area (Å²) in [6.07, 6.45) is 0.00153. The van der Waals surface area contributed by atoms with Crippen molar-refractivity contribution in [3.05, 3.63) is 101 Å². The fraction of sp³-hybridized carbons (Fsp3) is 0.130. The van der Waals surface area contributed by atoms with Crippen molar-refractivity contribution in [2.75, 3.05) is 11.9 Å². The molecular formula is C23H18F2N2O2. The Kier molecular flexibility index (Phi) is 5.08. The van der Waals surface area contributed by atoms with Crippen molar-refractivity contribution in [1.29, 1.82) is 0 Å². The Bertz CT molecular complexity index is 1050. The number of hydrogen-bond acceptors (Lipinski definition) is 2. The van der Waals surface area contributed by atoms with E-state index in [2.05, 4.69) is 5.32 Å². The topological polar surface area (TPSA) is 49.4 Å². The van der Waals surface area contributed by atoms with Gasteiger partial charge in [-0.2, -0.15) is 0 Å².